The Labute approximate surface area is 124 Å². The van der Waals surface area contributed by atoms with Gasteiger partial charge in [-0.3, -0.25) is 4.79 Å². The molecule has 2 heterocycles. The van der Waals surface area contributed by atoms with Crippen LogP contribution in [0.4, 0.5) is 5.69 Å². The minimum atomic E-state index is -0.196. The summed E-state index contributed by atoms with van der Waals surface area (Å²) in [5.41, 5.74) is 1.16. The fourth-order valence-electron chi connectivity index (χ4n) is 2.74. The first-order valence-corrected chi connectivity index (χ1v) is 6.14. The van der Waals surface area contributed by atoms with Gasteiger partial charge in [-0.25, -0.2) is 0 Å². The number of nitrogens with zero attached hydrogens (tertiary/aromatic N) is 1. The molecule has 0 spiro atoms. The molecule has 0 bridgehead atoms. The van der Waals surface area contributed by atoms with Crippen molar-refractivity contribution in [2.45, 2.75) is 18.9 Å². The number of anilines is 1. The van der Waals surface area contributed by atoms with E-state index in [1.165, 1.54) is 13.2 Å². The van der Waals surface area contributed by atoms with Crippen LogP contribution in [0, 0.1) is 0 Å². The number of amides is 1. The van der Waals surface area contributed by atoms with Gasteiger partial charge in [-0.15, -0.1) is 0 Å². The van der Waals surface area contributed by atoms with E-state index in [9.17, 15) is 9.90 Å². The molecule has 0 saturated carbocycles. The van der Waals surface area contributed by atoms with Crippen molar-refractivity contribution in [1.29, 1.82) is 0 Å². The second-order valence-electron chi connectivity index (χ2n) is 4.72. The molecule has 96 valence electrons. The molecule has 1 atom stereocenters. The fourth-order valence-corrected chi connectivity index (χ4v) is 2.74. The van der Waals surface area contributed by atoms with E-state index in [2.05, 4.69) is 5.32 Å². The molecule has 0 aromatic heterocycles. The third-order valence-electron chi connectivity index (χ3n) is 3.70. The summed E-state index contributed by atoms with van der Waals surface area (Å²) in [7, 11) is 1.44. The molecule has 0 aliphatic carbocycles. The van der Waals surface area contributed by atoms with Crippen molar-refractivity contribution in [3.05, 3.63) is 17.7 Å². The SMILES string of the molecule is COc1cc2c(cc1[O-])NCC1CCCN1C2=O.[Li+]. The Bertz CT molecular complexity index is 507. The zero-order chi connectivity index (χ0) is 12.7. The quantitative estimate of drug-likeness (QED) is 0.578. The Hall–Kier alpha value is -1.31. The number of ether oxygens (including phenoxy) is 1. The van der Waals surface area contributed by atoms with Gasteiger partial charge in [0.05, 0.1) is 12.7 Å². The number of hydrogen-bond acceptors (Lipinski definition) is 4. The predicted molar refractivity (Wildman–Crippen MR) is 65.0 cm³/mol. The van der Waals surface area contributed by atoms with Crippen molar-refractivity contribution in [3.8, 4) is 11.5 Å². The van der Waals surface area contributed by atoms with Gasteiger partial charge < -0.3 is 20.1 Å². The molecular formula is C13H15LiN2O3. The molecule has 0 radical (unpaired) electrons. The van der Waals surface area contributed by atoms with Gasteiger partial charge in [-0.05, 0) is 25.0 Å². The summed E-state index contributed by atoms with van der Waals surface area (Å²) < 4.78 is 5.00. The molecule has 5 nitrogen and oxygen atoms in total. The Balaban J connectivity index is 0.00000133. The van der Waals surface area contributed by atoms with Gasteiger partial charge in [-0.2, -0.15) is 0 Å². The third-order valence-corrected chi connectivity index (χ3v) is 3.70. The molecule has 1 fully saturated rings. The van der Waals surface area contributed by atoms with Gasteiger partial charge in [0.2, 0.25) is 0 Å². The van der Waals surface area contributed by atoms with E-state index in [0.717, 1.165) is 19.4 Å². The number of carbonyl (C=O) groups is 1. The Morgan fingerprint density at radius 1 is 1.47 bits per heavy atom. The first-order chi connectivity index (χ1) is 8.70. The van der Waals surface area contributed by atoms with Crippen molar-refractivity contribution in [2.24, 2.45) is 0 Å². The van der Waals surface area contributed by atoms with Crippen molar-refractivity contribution in [1.82, 2.24) is 4.90 Å². The van der Waals surface area contributed by atoms with Crippen LogP contribution in [-0.4, -0.2) is 37.0 Å². The standard InChI is InChI=1S/C13H16N2O3.Li/c1-18-12-5-9-10(6-11(12)16)14-7-8-3-2-4-15(8)13(9)17;/h5-6,8,14,16H,2-4,7H2,1H3;/q;+1/p-1. The zero-order valence-electron chi connectivity index (χ0n) is 11.2. The number of methoxy groups -OCH3 is 1. The van der Waals surface area contributed by atoms with Gasteiger partial charge in [-0.1, -0.05) is 5.75 Å². The monoisotopic (exact) mass is 254 g/mol. The Kier molecular flexibility index (Phi) is 3.98. The summed E-state index contributed by atoms with van der Waals surface area (Å²) in [6.07, 6.45) is 2.07. The van der Waals surface area contributed by atoms with E-state index in [4.69, 9.17) is 4.74 Å². The van der Waals surface area contributed by atoms with Gasteiger partial charge in [0.15, 0.2) is 0 Å². The molecule has 3 rings (SSSR count). The van der Waals surface area contributed by atoms with Crippen LogP contribution in [0.5, 0.6) is 11.5 Å². The maximum absolute atomic E-state index is 12.4. The van der Waals surface area contributed by atoms with Crippen molar-refractivity contribution < 1.29 is 33.5 Å². The summed E-state index contributed by atoms with van der Waals surface area (Å²) in [5.74, 6) is 0.0240. The molecule has 1 saturated heterocycles. The zero-order valence-corrected chi connectivity index (χ0v) is 11.2. The van der Waals surface area contributed by atoms with E-state index in [1.54, 1.807) is 6.07 Å². The van der Waals surface area contributed by atoms with Crippen molar-refractivity contribution >= 4 is 11.6 Å². The largest absolute Gasteiger partial charge is 1.00 e. The topological polar surface area (TPSA) is 64.6 Å². The summed E-state index contributed by atoms with van der Waals surface area (Å²) in [5, 5.41) is 14.9. The summed E-state index contributed by atoms with van der Waals surface area (Å²) in [6, 6.07) is 3.24. The van der Waals surface area contributed by atoms with Gasteiger partial charge in [0.1, 0.15) is 5.75 Å². The average molecular weight is 254 g/mol. The molecule has 1 unspecified atom stereocenters. The molecule has 2 aliphatic rings. The average Bonchev–Trinajstić information content (AvgIpc) is 2.79. The molecule has 2 aliphatic heterocycles. The normalized spacial score (nSPS) is 20.8. The second kappa shape index (κ2) is 5.36. The van der Waals surface area contributed by atoms with E-state index < -0.39 is 0 Å². The van der Waals surface area contributed by atoms with Gasteiger partial charge in [0, 0.05) is 24.8 Å². The number of carbonyl (C=O) groups excluding carboxylic acids is 1. The minimum Gasteiger partial charge on any atom is -0.870 e. The van der Waals surface area contributed by atoms with Crippen molar-refractivity contribution in [3.63, 3.8) is 0 Å². The fraction of sp³-hybridized carbons (Fsp3) is 0.462. The molecule has 1 aromatic carbocycles. The van der Waals surface area contributed by atoms with Gasteiger partial charge >= 0.3 is 18.9 Å². The Morgan fingerprint density at radius 3 is 3.00 bits per heavy atom. The maximum Gasteiger partial charge on any atom is 1.00 e. The number of nitrogens with one attached hydrogen (secondary N) is 1. The first-order valence-electron chi connectivity index (χ1n) is 6.14. The summed E-state index contributed by atoms with van der Waals surface area (Å²) in [4.78, 5) is 14.3. The molecular weight excluding hydrogens is 239 g/mol. The molecule has 6 heteroatoms. The van der Waals surface area contributed by atoms with Crippen molar-refractivity contribution in [2.75, 3.05) is 25.5 Å². The second-order valence-corrected chi connectivity index (χ2v) is 4.72. The molecule has 1 aromatic rings. The van der Waals surface area contributed by atoms with E-state index in [-0.39, 0.29) is 42.3 Å². The molecule has 19 heavy (non-hydrogen) atoms. The number of benzene rings is 1. The van der Waals surface area contributed by atoms with Crippen LogP contribution in [-0.2, 0) is 0 Å². The van der Waals surface area contributed by atoms with Crippen LogP contribution in [0.15, 0.2) is 12.1 Å². The number of rotatable bonds is 1. The van der Waals surface area contributed by atoms with Crippen LogP contribution < -0.4 is 34.0 Å². The van der Waals surface area contributed by atoms with E-state index in [1.807, 2.05) is 4.90 Å². The van der Waals surface area contributed by atoms with Crippen LogP contribution in [0.2, 0.25) is 0 Å². The van der Waals surface area contributed by atoms with Crippen LogP contribution in [0.3, 0.4) is 0 Å². The molecule has 1 N–H and O–H groups in total. The molecule has 1 amide bonds. The minimum absolute atomic E-state index is 0. The predicted octanol–water partition coefficient (Wildman–Crippen LogP) is -2.20. The Morgan fingerprint density at radius 2 is 2.26 bits per heavy atom. The van der Waals surface area contributed by atoms with Crippen LogP contribution >= 0.6 is 0 Å². The number of hydrogen-bond donors (Lipinski definition) is 1. The van der Waals surface area contributed by atoms with Gasteiger partial charge in [0.25, 0.3) is 5.91 Å². The van der Waals surface area contributed by atoms with Crippen LogP contribution in [0.1, 0.15) is 23.2 Å². The van der Waals surface area contributed by atoms with E-state index in [0.29, 0.717) is 17.8 Å². The first kappa shape index (κ1) is 14.1. The summed E-state index contributed by atoms with van der Waals surface area (Å²) >= 11 is 0. The summed E-state index contributed by atoms with van der Waals surface area (Å²) in [6.45, 7) is 1.51. The van der Waals surface area contributed by atoms with Crippen LogP contribution in [0.25, 0.3) is 0 Å². The maximum atomic E-state index is 12.4. The smallest absolute Gasteiger partial charge is 0.870 e. The number of fused-ring (bicyclic) bond motifs is 2. The third kappa shape index (κ3) is 2.29. The van der Waals surface area contributed by atoms with E-state index >= 15 is 0 Å².